The van der Waals surface area contributed by atoms with Gasteiger partial charge in [0.1, 0.15) is 17.3 Å². The van der Waals surface area contributed by atoms with Crippen molar-refractivity contribution in [3.05, 3.63) is 78.2 Å². The van der Waals surface area contributed by atoms with Crippen LogP contribution in [0.3, 0.4) is 0 Å². The van der Waals surface area contributed by atoms with Crippen LogP contribution in [0.2, 0.25) is 0 Å². The van der Waals surface area contributed by atoms with Gasteiger partial charge in [0.15, 0.2) is 0 Å². The van der Waals surface area contributed by atoms with Crippen molar-refractivity contribution in [1.82, 2.24) is 9.88 Å². The number of nitrogens with one attached hydrogen (secondary N) is 1. The predicted molar refractivity (Wildman–Crippen MR) is 120 cm³/mol. The lowest BCUT2D eigenvalue weighted by molar-refractivity contribution is -0.121. The number of halogens is 1. The predicted octanol–water partition coefficient (Wildman–Crippen LogP) is 4.87. The Morgan fingerprint density at radius 1 is 1.12 bits per heavy atom. The van der Waals surface area contributed by atoms with Gasteiger partial charge in [-0.05, 0) is 50.2 Å². The van der Waals surface area contributed by atoms with Crippen LogP contribution < -0.4 is 14.8 Å². The van der Waals surface area contributed by atoms with E-state index in [1.807, 2.05) is 30.3 Å². The summed E-state index contributed by atoms with van der Waals surface area (Å²) in [5, 5.41) is 2.95. The van der Waals surface area contributed by atoms with Gasteiger partial charge < -0.3 is 14.8 Å². The molecule has 0 unspecified atom stereocenters. The van der Waals surface area contributed by atoms with Crippen LogP contribution in [0.5, 0.6) is 17.4 Å². The van der Waals surface area contributed by atoms with E-state index in [0.29, 0.717) is 29.6 Å². The number of hydrogen-bond acceptors (Lipinski definition) is 5. The van der Waals surface area contributed by atoms with E-state index in [-0.39, 0.29) is 17.6 Å². The molecule has 0 bridgehead atoms. The number of aromatic nitrogens is 1. The zero-order valence-corrected chi connectivity index (χ0v) is 18.0. The van der Waals surface area contributed by atoms with Gasteiger partial charge in [-0.25, -0.2) is 9.37 Å². The highest BCUT2D eigenvalue weighted by molar-refractivity contribution is 5.92. The molecule has 0 radical (unpaired) electrons. The summed E-state index contributed by atoms with van der Waals surface area (Å²) in [4.78, 5) is 19.2. The second-order valence-corrected chi connectivity index (χ2v) is 7.80. The standard InChI is InChI=1S/C25H26FN3O3/c1-31-23-15-20(26)8-7-19(23)17-29-13-11-18(12-14-29)25(30)28-21-9-10-24(27-16-21)32-22-5-3-2-4-6-22/h2-10,15-16,18H,11-14,17H2,1H3,(H,28,30). The van der Waals surface area contributed by atoms with E-state index in [9.17, 15) is 9.18 Å². The largest absolute Gasteiger partial charge is 0.496 e. The van der Waals surface area contributed by atoms with Gasteiger partial charge in [0.05, 0.1) is 19.0 Å². The Bertz CT molecular complexity index is 1040. The Morgan fingerprint density at radius 2 is 1.91 bits per heavy atom. The number of likely N-dealkylation sites (tertiary alicyclic amines) is 1. The summed E-state index contributed by atoms with van der Waals surface area (Å²) in [5.74, 6) is 1.37. The Morgan fingerprint density at radius 3 is 2.59 bits per heavy atom. The highest BCUT2D eigenvalue weighted by Crippen LogP contribution is 2.26. The highest BCUT2D eigenvalue weighted by atomic mass is 19.1. The monoisotopic (exact) mass is 435 g/mol. The molecule has 0 aliphatic carbocycles. The van der Waals surface area contributed by atoms with Gasteiger partial charge in [0.25, 0.3) is 0 Å². The minimum absolute atomic E-state index is 0.00235. The molecule has 2 aromatic carbocycles. The summed E-state index contributed by atoms with van der Waals surface area (Å²) in [6.07, 6.45) is 3.13. The van der Waals surface area contributed by atoms with Crippen LogP contribution in [-0.4, -0.2) is 36.0 Å². The summed E-state index contributed by atoms with van der Waals surface area (Å²) in [6.45, 7) is 2.26. The maximum Gasteiger partial charge on any atom is 0.227 e. The van der Waals surface area contributed by atoms with E-state index < -0.39 is 0 Å². The van der Waals surface area contributed by atoms with Crippen LogP contribution in [0.4, 0.5) is 10.1 Å². The third-order valence-electron chi connectivity index (χ3n) is 5.57. The van der Waals surface area contributed by atoms with Gasteiger partial charge in [0.2, 0.25) is 11.8 Å². The molecule has 1 amide bonds. The average Bonchev–Trinajstić information content (AvgIpc) is 2.82. The van der Waals surface area contributed by atoms with E-state index in [2.05, 4.69) is 15.2 Å². The maximum absolute atomic E-state index is 13.4. The molecule has 1 fully saturated rings. The molecular weight excluding hydrogens is 409 g/mol. The van der Waals surface area contributed by atoms with E-state index in [1.54, 1.807) is 31.5 Å². The highest BCUT2D eigenvalue weighted by Gasteiger charge is 2.25. The third-order valence-corrected chi connectivity index (χ3v) is 5.57. The van der Waals surface area contributed by atoms with Crippen molar-refractivity contribution in [3.63, 3.8) is 0 Å². The number of nitrogens with zero attached hydrogens (tertiary/aromatic N) is 2. The average molecular weight is 435 g/mol. The van der Waals surface area contributed by atoms with Crippen LogP contribution in [-0.2, 0) is 11.3 Å². The second-order valence-electron chi connectivity index (χ2n) is 7.80. The first kappa shape index (κ1) is 21.8. The van der Waals surface area contributed by atoms with Crippen LogP contribution in [0.15, 0.2) is 66.9 Å². The number of carbonyl (C=O) groups excluding carboxylic acids is 1. The molecule has 1 aromatic heterocycles. The molecule has 0 atom stereocenters. The molecule has 6 nitrogen and oxygen atoms in total. The Kier molecular flexibility index (Phi) is 6.97. The summed E-state index contributed by atoms with van der Waals surface area (Å²) < 4.78 is 24.4. The first-order chi connectivity index (χ1) is 15.6. The normalized spacial score (nSPS) is 14.7. The molecule has 1 aliphatic heterocycles. The summed E-state index contributed by atoms with van der Waals surface area (Å²) in [7, 11) is 1.55. The quantitative estimate of drug-likeness (QED) is 0.574. The lowest BCUT2D eigenvalue weighted by Gasteiger charge is -2.31. The molecule has 0 spiro atoms. The number of methoxy groups -OCH3 is 1. The molecule has 2 heterocycles. The van der Waals surface area contributed by atoms with Crippen molar-refractivity contribution in [3.8, 4) is 17.4 Å². The molecule has 3 aromatic rings. The van der Waals surface area contributed by atoms with Gasteiger partial charge in [-0.2, -0.15) is 0 Å². The number of amides is 1. The van der Waals surface area contributed by atoms with Crippen molar-refractivity contribution < 1.29 is 18.7 Å². The van der Waals surface area contributed by atoms with Crippen LogP contribution in [0.25, 0.3) is 0 Å². The van der Waals surface area contributed by atoms with Crippen LogP contribution in [0, 0.1) is 11.7 Å². The zero-order valence-electron chi connectivity index (χ0n) is 18.0. The maximum atomic E-state index is 13.4. The molecule has 7 heteroatoms. The molecule has 1 N–H and O–H groups in total. The Hall–Kier alpha value is -3.45. The minimum atomic E-state index is -0.310. The third kappa shape index (κ3) is 5.62. The number of benzene rings is 2. The summed E-state index contributed by atoms with van der Waals surface area (Å²) in [6, 6.07) is 17.6. The van der Waals surface area contributed by atoms with Crippen LogP contribution in [0.1, 0.15) is 18.4 Å². The molecule has 0 saturated carbocycles. The van der Waals surface area contributed by atoms with E-state index >= 15 is 0 Å². The number of pyridine rings is 1. The topological polar surface area (TPSA) is 63.7 Å². The van der Waals surface area contributed by atoms with Crippen molar-refractivity contribution >= 4 is 11.6 Å². The number of piperidine rings is 1. The Balaban J connectivity index is 1.26. The fraction of sp³-hybridized carbons (Fsp3) is 0.280. The molecular formula is C25H26FN3O3. The fourth-order valence-electron chi connectivity index (χ4n) is 3.81. The molecule has 1 aliphatic rings. The van der Waals surface area contributed by atoms with Crippen molar-refractivity contribution in [2.75, 3.05) is 25.5 Å². The van der Waals surface area contributed by atoms with Gasteiger partial charge in [-0.15, -0.1) is 0 Å². The lowest BCUT2D eigenvalue weighted by atomic mass is 9.95. The number of anilines is 1. The number of para-hydroxylation sites is 1. The summed E-state index contributed by atoms with van der Waals surface area (Å²) >= 11 is 0. The smallest absolute Gasteiger partial charge is 0.227 e. The zero-order chi connectivity index (χ0) is 22.3. The van der Waals surface area contributed by atoms with Gasteiger partial charge in [0, 0.05) is 30.2 Å². The van der Waals surface area contributed by atoms with Gasteiger partial charge in [-0.1, -0.05) is 24.3 Å². The number of carbonyl (C=O) groups is 1. The van der Waals surface area contributed by atoms with Gasteiger partial charge in [-0.3, -0.25) is 9.69 Å². The fourth-order valence-corrected chi connectivity index (χ4v) is 3.81. The van der Waals surface area contributed by atoms with Crippen molar-refractivity contribution in [2.45, 2.75) is 19.4 Å². The minimum Gasteiger partial charge on any atom is -0.496 e. The van der Waals surface area contributed by atoms with Crippen LogP contribution >= 0.6 is 0 Å². The second kappa shape index (κ2) is 10.2. The summed E-state index contributed by atoms with van der Waals surface area (Å²) in [5.41, 5.74) is 1.59. The molecule has 1 saturated heterocycles. The molecule has 4 rings (SSSR count). The Labute approximate surface area is 187 Å². The molecule has 166 valence electrons. The van der Waals surface area contributed by atoms with E-state index in [0.717, 1.165) is 31.5 Å². The van der Waals surface area contributed by atoms with Gasteiger partial charge >= 0.3 is 0 Å². The van der Waals surface area contributed by atoms with E-state index in [4.69, 9.17) is 9.47 Å². The first-order valence-electron chi connectivity index (χ1n) is 10.7. The lowest BCUT2D eigenvalue weighted by Crippen LogP contribution is -2.37. The molecule has 32 heavy (non-hydrogen) atoms. The van der Waals surface area contributed by atoms with Crippen molar-refractivity contribution in [1.29, 1.82) is 0 Å². The van der Waals surface area contributed by atoms with E-state index in [1.165, 1.54) is 12.1 Å². The first-order valence-corrected chi connectivity index (χ1v) is 10.7. The number of rotatable bonds is 7. The van der Waals surface area contributed by atoms with Crippen molar-refractivity contribution in [2.24, 2.45) is 5.92 Å². The SMILES string of the molecule is COc1cc(F)ccc1CN1CCC(C(=O)Nc2ccc(Oc3ccccc3)nc2)CC1. The number of ether oxygens (including phenoxy) is 2. The number of hydrogen-bond donors (Lipinski definition) is 1.